The molecule has 144 valence electrons. The van der Waals surface area contributed by atoms with E-state index in [1.165, 1.54) is 5.56 Å². The number of benzene rings is 1. The van der Waals surface area contributed by atoms with Gasteiger partial charge in [0.2, 0.25) is 5.95 Å². The Labute approximate surface area is 160 Å². The van der Waals surface area contributed by atoms with E-state index < -0.39 is 0 Å². The normalized spacial score (nSPS) is 18.6. The Morgan fingerprint density at radius 3 is 2.19 bits per heavy atom. The Morgan fingerprint density at radius 2 is 1.56 bits per heavy atom. The molecule has 7 heteroatoms. The molecular weight excluding hydrogens is 342 g/mol. The molecule has 0 saturated carbocycles. The second-order valence-corrected chi connectivity index (χ2v) is 7.16. The van der Waals surface area contributed by atoms with E-state index in [4.69, 9.17) is 15.2 Å². The highest BCUT2D eigenvalue weighted by molar-refractivity contribution is 5.54. The maximum absolute atomic E-state index is 6.13. The summed E-state index contributed by atoms with van der Waals surface area (Å²) in [6.45, 7) is 7.00. The number of aryl methyl sites for hydroxylation is 1. The fourth-order valence-corrected chi connectivity index (χ4v) is 3.57. The fraction of sp³-hybridized carbons (Fsp3) is 0.500. The van der Waals surface area contributed by atoms with Crippen LogP contribution in [0.4, 0.5) is 17.6 Å². The molecule has 0 radical (unpaired) electrons. The zero-order chi connectivity index (χ0) is 18.6. The van der Waals surface area contributed by atoms with Crippen LogP contribution in [-0.4, -0.2) is 55.5 Å². The number of morpholine rings is 1. The molecule has 4 rings (SSSR count). The first-order valence-electron chi connectivity index (χ1n) is 9.63. The monoisotopic (exact) mass is 369 g/mol. The van der Waals surface area contributed by atoms with E-state index in [1.807, 2.05) is 18.2 Å². The van der Waals surface area contributed by atoms with E-state index in [0.29, 0.717) is 5.95 Å². The number of hydrogen-bond donors (Lipinski definition) is 1. The molecule has 1 aromatic heterocycles. The average Bonchev–Trinajstić information content (AvgIpc) is 2.70. The van der Waals surface area contributed by atoms with E-state index in [9.17, 15) is 0 Å². The molecule has 27 heavy (non-hydrogen) atoms. The van der Waals surface area contributed by atoms with Gasteiger partial charge < -0.3 is 25.0 Å². The van der Waals surface area contributed by atoms with Gasteiger partial charge in [-0.1, -0.05) is 17.7 Å². The van der Waals surface area contributed by atoms with Gasteiger partial charge in [0.05, 0.1) is 13.2 Å². The van der Waals surface area contributed by atoms with Crippen molar-refractivity contribution in [1.29, 1.82) is 0 Å². The summed E-state index contributed by atoms with van der Waals surface area (Å²) in [6, 6.07) is 10.3. The first kappa shape index (κ1) is 17.9. The second-order valence-electron chi connectivity index (χ2n) is 7.16. The van der Waals surface area contributed by atoms with Crippen molar-refractivity contribution in [3.63, 3.8) is 0 Å². The van der Waals surface area contributed by atoms with Crippen molar-refractivity contribution >= 4 is 17.6 Å². The van der Waals surface area contributed by atoms with Gasteiger partial charge in [-0.05, 0) is 19.1 Å². The molecule has 2 N–H and O–H groups in total. The number of nitrogens with two attached hydrogens (primary N) is 1. The van der Waals surface area contributed by atoms with E-state index in [1.54, 1.807) is 0 Å². The van der Waals surface area contributed by atoms with Crippen LogP contribution in [0.2, 0.25) is 0 Å². The Bertz CT molecular complexity index is 753. The zero-order valence-corrected chi connectivity index (χ0v) is 15.8. The molecule has 0 spiro atoms. The average molecular weight is 369 g/mol. The summed E-state index contributed by atoms with van der Waals surface area (Å²) in [5.41, 5.74) is 7.23. The summed E-state index contributed by atoms with van der Waals surface area (Å²) in [5.74, 6) is 3.06. The van der Waals surface area contributed by atoms with Crippen LogP contribution >= 0.6 is 0 Å². The van der Waals surface area contributed by atoms with Gasteiger partial charge in [0.15, 0.2) is 0 Å². The lowest BCUT2D eigenvalue weighted by Gasteiger charge is -2.34. The van der Waals surface area contributed by atoms with Gasteiger partial charge >= 0.3 is 0 Å². The van der Waals surface area contributed by atoms with Crippen LogP contribution in [0.3, 0.4) is 0 Å². The van der Waals surface area contributed by atoms with Crippen LogP contribution in [0.5, 0.6) is 5.75 Å². The molecule has 1 aromatic carbocycles. The number of rotatable bonds is 4. The Balaban J connectivity index is 1.38. The molecular formula is C20H27N5O2. The van der Waals surface area contributed by atoms with Crippen molar-refractivity contribution < 1.29 is 9.47 Å². The van der Waals surface area contributed by atoms with Crippen LogP contribution in [0.1, 0.15) is 18.4 Å². The predicted octanol–water partition coefficient (Wildman–Crippen LogP) is 2.25. The SMILES string of the molecule is Cc1ccc(OC2CCN(c3cc(N4CCOCC4)nc(N)n3)CC2)cc1. The molecule has 2 aromatic rings. The maximum atomic E-state index is 6.13. The highest BCUT2D eigenvalue weighted by atomic mass is 16.5. The smallest absolute Gasteiger partial charge is 0.223 e. The van der Waals surface area contributed by atoms with E-state index in [-0.39, 0.29) is 6.10 Å². The summed E-state index contributed by atoms with van der Waals surface area (Å²) < 4.78 is 11.6. The molecule has 0 aliphatic carbocycles. The van der Waals surface area contributed by atoms with Crippen molar-refractivity contribution in [2.45, 2.75) is 25.9 Å². The van der Waals surface area contributed by atoms with E-state index in [0.717, 1.165) is 69.6 Å². The summed E-state index contributed by atoms with van der Waals surface area (Å²) in [5, 5.41) is 0. The number of nitrogen functional groups attached to an aromatic ring is 1. The fourth-order valence-electron chi connectivity index (χ4n) is 3.57. The van der Waals surface area contributed by atoms with Gasteiger partial charge in [-0.3, -0.25) is 0 Å². The molecule has 0 bridgehead atoms. The van der Waals surface area contributed by atoms with Gasteiger partial charge in [-0.2, -0.15) is 9.97 Å². The molecule has 7 nitrogen and oxygen atoms in total. The quantitative estimate of drug-likeness (QED) is 0.886. The predicted molar refractivity (Wildman–Crippen MR) is 107 cm³/mol. The molecule has 2 fully saturated rings. The standard InChI is InChI=1S/C20H27N5O2/c1-15-2-4-16(5-3-15)27-17-6-8-24(9-7-17)18-14-19(23-20(21)22-18)25-10-12-26-13-11-25/h2-5,14,17H,6-13H2,1H3,(H2,21,22,23). The van der Waals surface area contributed by atoms with E-state index in [2.05, 4.69) is 38.8 Å². The topological polar surface area (TPSA) is 76.7 Å². The largest absolute Gasteiger partial charge is 0.490 e. The van der Waals surface area contributed by atoms with Gasteiger partial charge in [0.25, 0.3) is 0 Å². The van der Waals surface area contributed by atoms with Gasteiger partial charge in [0.1, 0.15) is 23.5 Å². The molecule has 3 heterocycles. The van der Waals surface area contributed by atoms with E-state index >= 15 is 0 Å². The summed E-state index contributed by atoms with van der Waals surface area (Å²) in [4.78, 5) is 13.4. The Morgan fingerprint density at radius 1 is 0.963 bits per heavy atom. The first-order chi connectivity index (χ1) is 13.2. The molecule has 2 aliphatic rings. The third-order valence-corrected chi connectivity index (χ3v) is 5.14. The van der Waals surface area contributed by atoms with Gasteiger partial charge in [0, 0.05) is 45.1 Å². The van der Waals surface area contributed by atoms with Crippen molar-refractivity contribution in [1.82, 2.24) is 9.97 Å². The lowest BCUT2D eigenvalue weighted by Crippen LogP contribution is -2.39. The number of ether oxygens (including phenoxy) is 2. The lowest BCUT2D eigenvalue weighted by atomic mass is 10.1. The number of hydrogen-bond acceptors (Lipinski definition) is 7. The van der Waals surface area contributed by atoms with Crippen LogP contribution in [0, 0.1) is 6.92 Å². The molecule has 2 saturated heterocycles. The third kappa shape index (κ3) is 4.42. The Kier molecular flexibility index (Phi) is 5.29. The molecule has 0 atom stereocenters. The first-order valence-corrected chi connectivity index (χ1v) is 9.63. The summed E-state index contributed by atoms with van der Waals surface area (Å²) in [6.07, 6.45) is 2.16. The minimum Gasteiger partial charge on any atom is -0.490 e. The van der Waals surface area contributed by atoms with Gasteiger partial charge in [-0.15, -0.1) is 0 Å². The van der Waals surface area contributed by atoms with Crippen LogP contribution in [0.25, 0.3) is 0 Å². The number of nitrogens with zero attached hydrogens (tertiary/aromatic N) is 4. The number of aromatic nitrogens is 2. The van der Waals surface area contributed by atoms with Crippen molar-refractivity contribution in [2.24, 2.45) is 0 Å². The van der Waals surface area contributed by atoms with Gasteiger partial charge in [-0.25, -0.2) is 0 Å². The zero-order valence-electron chi connectivity index (χ0n) is 15.8. The lowest BCUT2D eigenvalue weighted by molar-refractivity contribution is 0.122. The van der Waals surface area contributed by atoms with Crippen LogP contribution in [-0.2, 0) is 4.74 Å². The van der Waals surface area contributed by atoms with Crippen molar-refractivity contribution in [3.05, 3.63) is 35.9 Å². The second kappa shape index (κ2) is 8.00. The van der Waals surface area contributed by atoms with Crippen molar-refractivity contribution in [3.8, 4) is 5.75 Å². The number of piperidine rings is 1. The molecule has 0 unspecified atom stereocenters. The van der Waals surface area contributed by atoms with Crippen LogP contribution in [0.15, 0.2) is 30.3 Å². The summed E-state index contributed by atoms with van der Waals surface area (Å²) >= 11 is 0. The minimum atomic E-state index is 0.238. The molecule has 2 aliphatic heterocycles. The van der Waals surface area contributed by atoms with Crippen molar-refractivity contribution in [2.75, 3.05) is 54.9 Å². The molecule has 0 amide bonds. The van der Waals surface area contributed by atoms with Crippen LogP contribution < -0.4 is 20.3 Å². The minimum absolute atomic E-state index is 0.238. The highest BCUT2D eigenvalue weighted by Gasteiger charge is 2.23. The third-order valence-electron chi connectivity index (χ3n) is 5.14. The highest BCUT2D eigenvalue weighted by Crippen LogP contribution is 2.25. The summed E-state index contributed by atoms with van der Waals surface area (Å²) in [7, 11) is 0. The Hall–Kier alpha value is -2.54. The maximum Gasteiger partial charge on any atom is 0.223 e. The number of anilines is 3.